The van der Waals surface area contributed by atoms with E-state index >= 15 is 0 Å². The van der Waals surface area contributed by atoms with Gasteiger partial charge in [-0.2, -0.15) is 0 Å². The average Bonchev–Trinajstić information content (AvgIpc) is 2.68. The molecule has 0 spiro atoms. The van der Waals surface area contributed by atoms with E-state index in [-0.39, 0.29) is 22.0 Å². The monoisotopic (exact) mass is 431 g/mol. The minimum atomic E-state index is -3.54. The summed E-state index contributed by atoms with van der Waals surface area (Å²) in [6.45, 7) is 1.91. The third kappa shape index (κ3) is 6.09. The Morgan fingerprint density at radius 2 is 1.72 bits per heavy atom. The van der Waals surface area contributed by atoms with E-state index < -0.39 is 10.0 Å². The van der Waals surface area contributed by atoms with Crippen molar-refractivity contribution in [3.63, 3.8) is 0 Å². The lowest BCUT2D eigenvalue weighted by molar-refractivity contribution is 0.0977. The summed E-state index contributed by atoms with van der Waals surface area (Å²) in [6.07, 6.45) is 5.05. The molecule has 0 saturated heterocycles. The largest absolute Gasteiger partial charge is 0.332 e. The topological polar surface area (TPSA) is 87.3 Å². The highest BCUT2D eigenvalue weighted by Crippen LogP contribution is 2.20. The highest BCUT2D eigenvalue weighted by atomic mass is 32.2. The lowest BCUT2D eigenvalue weighted by Gasteiger charge is -2.22. The number of carbonyl (C=O) groups excluding carboxylic acids is 1. The normalized spacial score (nSPS) is 14.9. The number of carbonyl (C=O) groups is 1. The molecule has 0 heterocycles. The number of sulfonamides is 1. The number of thiocarbonyl (C=S) groups is 1. The van der Waals surface area contributed by atoms with E-state index in [4.69, 9.17) is 12.2 Å². The maximum absolute atomic E-state index is 12.5. The van der Waals surface area contributed by atoms with Crippen LogP contribution in [0.2, 0.25) is 0 Å². The van der Waals surface area contributed by atoms with Gasteiger partial charge < -0.3 is 5.32 Å². The highest BCUT2D eigenvalue weighted by Gasteiger charge is 2.21. The van der Waals surface area contributed by atoms with Crippen LogP contribution in [0.1, 0.15) is 48.0 Å². The molecule has 1 fully saturated rings. The van der Waals surface area contributed by atoms with Gasteiger partial charge in [0.25, 0.3) is 5.91 Å². The highest BCUT2D eigenvalue weighted by molar-refractivity contribution is 7.89. The van der Waals surface area contributed by atoms with Crippen molar-refractivity contribution >= 4 is 38.9 Å². The van der Waals surface area contributed by atoms with Crippen LogP contribution in [0.5, 0.6) is 0 Å². The predicted octanol–water partition coefficient (Wildman–Crippen LogP) is 3.73. The van der Waals surface area contributed by atoms with E-state index in [1.807, 2.05) is 13.0 Å². The smallest absolute Gasteiger partial charge is 0.257 e. The number of hydrogen-bond acceptors (Lipinski definition) is 4. The Bertz CT molecular complexity index is 982. The number of nitrogens with one attached hydrogen (secondary N) is 3. The van der Waals surface area contributed by atoms with E-state index in [0.717, 1.165) is 31.2 Å². The molecule has 2 aromatic carbocycles. The fraction of sp³-hybridized carbons (Fsp3) is 0.333. The molecular formula is C21H25N3O3S2. The molecule has 0 bridgehead atoms. The van der Waals surface area contributed by atoms with E-state index in [9.17, 15) is 13.2 Å². The molecule has 0 radical (unpaired) electrons. The van der Waals surface area contributed by atoms with Gasteiger partial charge in [-0.15, -0.1) is 0 Å². The quantitative estimate of drug-likeness (QED) is 0.628. The summed E-state index contributed by atoms with van der Waals surface area (Å²) in [5.41, 5.74) is 2.09. The van der Waals surface area contributed by atoms with E-state index in [0.29, 0.717) is 11.3 Å². The Balaban J connectivity index is 1.58. The minimum Gasteiger partial charge on any atom is -0.332 e. The Labute approximate surface area is 177 Å². The van der Waals surface area contributed by atoms with Crippen molar-refractivity contribution < 1.29 is 13.2 Å². The van der Waals surface area contributed by atoms with Crippen LogP contribution in [0.15, 0.2) is 53.4 Å². The van der Waals surface area contributed by atoms with Crippen molar-refractivity contribution in [2.75, 3.05) is 5.32 Å². The zero-order valence-electron chi connectivity index (χ0n) is 16.3. The number of anilines is 1. The van der Waals surface area contributed by atoms with Crippen LogP contribution in [0.4, 0.5) is 5.69 Å². The summed E-state index contributed by atoms with van der Waals surface area (Å²) in [6, 6.07) is 13.5. The summed E-state index contributed by atoms with van der Waals surface area (Å²) < 4.78 is 27.9. The van der Waals surface area contributed by atoms with Gasteiger partial charge in [0, 0.05) is 17.3 Å². The first-order chi connectivity index (χ1) is 13.8. The maximum Gasteiger partial charge on any atom is 0.257 e. The summed E-state index contributed by atoms with van der Waals surface area (Å²) in [7, 11) is -3.54. The first-order valence-electron chi connectivity index (χ1n) is 9.65. The number of rotatable bonds is 5. The van der Waals surface area contributed by atoms with E-state index in [1.165, 1.54) is 18.6 Å². The molecule has 0 aliphatic heterocycles. The summed E-state index contributed by atoms with van der Waals surface area (Å²) >= 11 is 5.19. The maximum atomic E-state index is 12.5. The molecule has 0 unspecified atom stereocenters. The number of aryl methyl sites for hydroxylation is 1. The average molecular weight is 432 g/mol. The minimum absolute atomic E-state index is 0.0102. The molecule has 6 nitrogen and oxygen atoms in total. The van der Waals surface area contributed by atoms with Gasteiger partial charge in [-0.25, -0.2) is 13.1 Å². The lowest BCUT2D eigenvalue weighted by Crippen LogP contribution is -2.36. The molecule has 1 saturated carbocycles. The van der Waals surface area contributed by atoms with Crippen molar-refractivity contribution in [1.82, 2.24) is 10.0 Å². The molecule has 8 heteroatoms. The van der Waals surface area contributed by atoms with Crippen LogP contribution in [-0.2, 0) is 10.0 Å². The van der Waals surface area contributed by atoms with E-state index in [2.05, 4.69) is 15.4 Å². The molecular weight excluding hydrogens is 406 g/mol. The van der Waals surface area contributed by atoms with Gasteiger partial charge in [-0.3, -0.25) is 10.1 Å². The fourth-order valence-corrected chi connectivity index (χ4v) is 4.86. The Hall–Kier alpha value is -2.29. The van der Waals surface area contributed by atoms with Crippen molar-refractivity contribution in [2.24, 2.45) is 0 Å². The van der Waals surface area contributed by atoms with Gasteiger partial charge in [0.1, 0.15) is 0 Å². The van der Waals surface area contributed by atoms with Crippen molar-refractivity contribution in [1.29, 1.82) is 0 Å². The fourth-order valence-electron chi connectivity index (χ4n) is 3.35. The number of hydrogen-bond donors (Lipinski definition) is 3. The second-order valence-corrected chi connectivity index (χ2v) is 9.38. The predicted molar refractivity (Wildman–Crippen MR) is 119 cm³/mol. The molecule has 1 aliphatic rings. The van der Waals surface area contributed by atoms with Crippen LogP contribution in [0, 0.1) is 6.92 Å². The van der Waals surface area contributed by atoms with Crippen molar-refractivity contribution in [3.05, 3.63) is 59.7 Å². The van der Waals surface area contributed by atoms with Gasteiger partial charge >= 0.3 is 0 Å². The molecule has 0 atom stereocenters. The van der Waals surface area contributed by atoms with Gasteiger partial charge in [-0.05, 0) is 68.4 Å². The van der Waals surface area contributed by atoms with Gasteiger partial charge in [0.15, 0.2) is 5.11 Å². The Morgan fingerprint density at radius 1 is 1.03 bits per heavy atom. The second-order valence-electron chi connectivity index (χ2n) is 7.26. The standard InChI is InChI=1S/C21H25N3O3S2/c1-15-6-5-7-16(14-15)20(25)23-21(28)22-17-10-12-19(13-11-17)29(26,27)24-18-8-3-2-4-9-18/h5-7,10-14,18,24H,2-4,8-9H2,1H3,(H2,22,23,25,28). The second kappa shape index (κ2) is 9.47. The SMILES string of the molecule is Cc1cccc(C(=O)NC(=S)Nc2ccc(S(=O)(=O)NC3CCCCC3)cc2)c1. The zero-order valence-corrected chi connectivity index (χ0v) is 17.9. The van der Waals surface area contributed by atoms with Crippen LogP contribution < -0.4 is 15.4 Å². The number of amides is 1. The van der Waals surface area contributed by atoms with Crippen LogP contribution >= 0.6 is 12.2 Å². The Morgan fingerprint density at radius 3 is 2.38 bits per heavy atom. The third-order valence-corrected chi connectivity index (χ3v) is 6.60. The molecule has 0 aromatic heterocycles. The molecule has 29 heavy (non-hydrogen) atoms. The van der Waals surface area contributed by atoms with Gasteiger partial charge in [0.2, 0.25) is 10.0 Å². The molecule has 1 aliphatic carbocycles. The first kappa shape index (κ1) is 21.4. The van der Waals surface area contributed by atoms with Crippen molar-refractivity contribution in [2.45, 2.75) is 50.0 Å². The summed E-state index contributed by atoms with van der Waals surface area (Å²) in [4.78, 5) is 12.5. The van der Waals surface area contributed by atoms with Crippen molar-refractivity contribution in [3.8, 4) is 0 Å². The van der Waals surface area contributed by atoms with Gasteiger partial charge in [0.05, 0.1) is 4.90 Å². The third-order valence-electron chi connectivity index (χ3n) is 4.86. The lowest BCUT2D eigenvalue weighted by atomic mass is 9.96. The van der Waals surface area contributed by atoms with E-state index in [1.54, 1.807) is 30.3 Å². The molecule has 3 rings (SSSR count). The summed E-state index contributed by atoms with van der Waals surface area (Å²) in [5.74, 6) is -0.304. The summed E-state index contributed by atoms with van der Waals surface area (Å²) in [5, 5.41) is 5.67. The van der Waals surface area contributed by atoms with Crippen LogP contribution in [-0.4, -0.2) is 25.5 Å². The molecule has 154 valence electrons. The molecule has 2 aromatic rings. The zero-order chi connectivity index (χ0) is 20.9. The molecule has 3 N–H and O–H groups in total. The number of benzene rings is 2. The Kier molecular flexibility index (Phi) is 7.00. The molecule has 1 amide bonds. The van der Waals surface area contributed by atoms with Gasteiger partial charge in [-0.1, -0.05) is 37.0 Å². The first-order valence-corrected chi connectivity index (χ1v) is 11.5. The van der Waals surface area contributed by atoms with Crippen LogP contribution in [0.25, 0.3) is 0 Å². The van der Waals surface area contributed by atoms with Crippen LogP contribution in [0.3, 0.4) is 0 Å².